The largest absolute Gasteiger partial charge is 0.478 e. The highest BCUT2D eigenvalue weighted by Gasteiger charge is 2.12. The lowest BCUT2D eigenvalue weighted by Crippen LogP contribution is -2.13. The van der Waals surface area contributed by atoms with Gasteiger partial charge < -0.3 is 10.4 Å². The summed E-state index contributed by atoms with van der Waals surface area (Å²) in [6, 6.07) is 6.08. The predicted octanol–water partition coefficient (Wildman–Crippen LogP) is 2.00. The molecular formula is C10H7BrN2O3. The number of rotatable bonds is 3. The average Bonchev–Trinajstić information content (AvgIpc) is 2.17. The monoisotopic (exact) mass is 282 g/mol. The predicted molar refractivity (Wildman–Crippen MR) is 60.0 cm³/mol. The molecule has 0 fully saturated rings. The molecule has 0 heterocycles. The Hall–Kier alpha value is -1.87. The summed E-state index contributed by atoms with van der Waals surface area (Å²) in [5.74, 6) is -1.68. The molecule has 0 spiro atoms. The number of benzene rings is 1. The molecule has 2 N–H and O–H groups in total. The highest BCUT2D eigenvalue weighted by molar-refractivity contribution is 9.10. The van der Waals surface area contributed by atoms with Crippen molar-refractivity contribution in [2.24, 2.45) is 0 Å². The lowest BCUT2D eigenvalue weighted by atomic mass is 10.2. The van der Waals surface area contributed by atoms with Gasteiger partial charge in [0, 0.05) is 4.47 Å². The number of nitrogens with zero attached hydrogens (tertiary/aromatic N) is 1. The van der Waals surface area contributed by atoms with Gasteiger partial charge in [-0.25, -0.2) is 4.79 Å². The van der Waals surface area contributed by atoms with E-state index in [2.05, 4.69) is 21.2 Å². The molecular weight excluding hydrogens is 276 g/mol. The van der Waals surface area contributed by atoms with Crippen molar-refractivity contribution in [2.75, 3.05) is 5.32 Å². The Kier molecular flexibility index (Phi) is 4.03. The standard InChI is InChI=1S/C10H7BrN2O3/c11-6-1-2-7(10(15)16)8(5-6)13-9(14)3-4-12/h1-2,5H,3H2,(H,13,14)(H,15,16). The zero-order valence-electron chi connectivity index (χ0n) is 8.03. The van der Waals surface area contributed by atoms with Crippen molar-refractivity contribution < 1.29 is 14.7 Å². The lowest BCUT2D eigenvalue weighted by molar-refractivity contribution is -0.115. The number of nitrogens with one attached hydrogen (secondary N) is 1. The third kappa shape index (κ3) is 3.07. The maximum absolute atomic E-state index is 11.2. The fourth-order valence-electron chi connectivity index (χ4n) is 1.07. The molecule has 5 nitrogen and oxygen atoms in total. The number of carboxylic acids is 1. The van der Waals surface area contributed by atoms with Gasteiger partial charge in [0.2, 0.25) is 5.91 Å². The number of hydrogen-bond acceptors (Lipinski definition) is 3. The first-order valence-electron chi connectivity index (χ1n) is 4.24. The smallest absolute Gasteiger partial charge is 0.337 e. The molecule has 0 aliphatic heterocycles. The van der Waals surface area contributed by atoms with Crippen LogP contribution < -0.4 is 5.32 Å². The molecule has 0 bridgehead atoms. The first kappa shape index (κ1) is 12.2. The van der Waals surface area contributed by atoms with E-state index in [1.165, 1.54) is 12.1 Å². The number of amides is 1. The van der Waals surface area contributed by atoms with Crippen molar-refractivity contribution in [3.05, 3.63) is 28.2 Å². The molecule has 0 radical (unpaired) electrons. The molecule has 82 valence electrons. The first-order valence-corrected chi connectivity index (χ1v) is 5.03. The van der Waals surface area contributed by atoms with Crippen LogP contribution in [0.3, 0.4) is 0 Å². The first-order chi connectivity index (χ1) is 7.54. The number of carbonyl (C=O) groups is 2. The molecule has 0 atom stereocenters. The molecule has 0 saturated heterocycles. The van der Waals surface area contributed by atoms with Crippen LogP contribution in [0.15, 0.2) is 22.7 Å². The van der Waals surface area contributed by atoms with Crippen LogP contribution in [0.25, 0.3) is 0 Å². The Balaban J connectivity index is 3.02. The molecule has 0 unspecified atom stereocenters. The molecule has 16 heavy (non-hydrogen) atoms. The van der Waals surface area contributed by atoms with Gasteiger partial charge in [-0.15, -0.1) is 0 Å². The summed E-state index contributed by atoms with van der Waals surface area (Å²) in [5.41, 5.74) is 0.150. The van der Waals surface area contributed by atoms with Crippen molar-refractivity contribution in [3.63, 3.8) is 0 Å². The average molecular weight is 283 g/mol. The highest BCUT2D eigenvalue weighted by Crippen LogP contribution is 2.21. The summed E-state index contributed by atoms with van der Waals surface area (Å²) in [7, 11) is 0. The Bertz CT molecular complexity index is 479. The summed E-state index contributed by atoms with van der Waals surface area (Å²) in [4.78, 5) is 22.0. The Morgan fingerprint density at radius 3 is 2.75 bits per heavy atom. The van der Waals surface area contributed by atoms with Gasteiger partial charge in [-0.3, -0.25) is 4.79 Å². The number of anilines is 1. The van der Waals surface area contributed by atoms with Crippen LogP contribution in [0.5, 0.6) is 0 Å². The second kappa shape index (κ2) is 5.28. The summed E-state index contributed by atoms with van der Waals surface area (Å²) < 4.78 is 0.643. The molecule has 0 aromatic heterocycles. The van der Waals surface area contributed by atoms with Gasteiger partial charge in [-0.1, -0.05) is 15.9 Å². The van der Waals surface area contributed by atoms with E-state index in [0.29, 0.717) is 4.47 Å². The Morgan fingerprint density at radius 2 is 2.19 bits per heavy atom. The summed E-state index contributed by atoms with van der Waals surface area (Å²) in [5, 5.41) is 19.5. The number of nitriles is 1. The van der Waals surface area contributed by atoms with E-state index in [-0.39, 0.29) is 17.7 Å². The molecule has 1 amide bonds. The van der Waals surface area contributed by atoms with Gasteiger partial charge in [0.15, 0.2) is 0 Å². The third-order valence-electron chi connectivity index (χ3n) is 1.73. The van der Waals surface area contributed by atoms with Crippen molar-refractivity contribution in [1.82, 2.24) is 0 Å². The molecule has 6 heteroatoms. The zero-order chi connectivity index (χ0) is 12.1. The minimum atomic E-state index is -1.14. The van der Waals surface area contributed by atoms with Crippen LogP contribution in [0.2, 0.25) is 0 Å². The quantitative estimate of drug-likeness (QED) is 0.887. The van der Waals surface area contributed by atoms with Crippen LogP contribution in [-0.2, 0) is 4.79 Å². The molecule has 1 aromatic carbocycles. The fraction of sp³-hybridized carbons (Fsp3) is 0.100. The summed E-state index contributed by atoms with van der Waals surface area (Å²) in [6.45, 7) is 0. The van der Waals surface area contributed by atoms with Crippen molar-refractivity contribution in [3.8, 4) is 6.07 Å². The van der Waals surface area contributed by atoms with Gasteiger partial charge in [-0.05, 0) is 18.2 Å². The summed E-state index contributed by atoms with van der Waals surface area (Å²) in [6.07, 6.45) is -0.314. The Labute approximate surface area is 99.8 Å². The number of carboxylic acid groups (broad SMARTS) is 1. The minimum Gasteiger partial charge on any atom is -0.478 e. The number of halogens is 1. The van der Waals surface area contributed by atoms with E-state index < -0.39 is 11.9 Å². The van der Waals surface area contributed by atoms with Gasteiger partial charge in [0.1, 0.15) is 6.42 Å². The molecule has 1 rings (SSSR count). The van der Waals surface area contributed by atoms with E-state index in [1.54, 1.807) is 12.1 Å². The van der Waals surface area contributed by atoms with Crippen LogP contribution in [-0.4, -0.2) is 17.0 Å². The van der Waals surface area contributed by atoms with E-state index in [1.807, 2.05) is 0 Å². The zero-order valence-corrected chi connectivity index (χ0v) is 9.61. The molecule has 0 aliphatic rings. The maximum Gasteiger partial charge on any atom is 0.337 e. The van der Waals surface area contributed by atoms with E-state index in [9.17, 15) is 9.59 Å². The van der Waals surface area contributed by atoms with E-state index >= 15 is 0 Å². The lowest BCUT2D eigenvalue weighted by Gasteiger charge is -2.07. The van der Waals surface area contributed by atoms with Crippen LogP contribution in [0.4, 0.5) is 5.69 Å². The number of aromatic carboxylic acids is 1. The second-order valence-electron chi connectivity index (χ2n) is 2.88. The topological polar surface area (TPSA) is 90.2 Å². The van der Waals surface area contributed by atoms with Gasteiger partial charge in [0.05, 0.1) is 17.3 Å². The van der Waals surface area contributed by atoms with Crippen LogP contribution in [0, 0.1) is 11.3 Å². The molecule has 1 aromatic rings. The third-order valence-corrected chi connectivity index (χ3v) is 2.22. The van der Waals surface area contributed by atoms with Gasteiger partial charge in [0.25, 0.3) is 0 Å². The minimum absolute atomic E-state index is 0.0190. The second-order valence-corrected chi connectivity index (χ2v) is 3.79. The van der Waals surface area contributed by atoms with Crippen LogP contribution >= 0.6 is 15.9 Å². The number of hydrogen-bond donors (Lipinski definition) is 2. The molecule has 0 saturated carbocycles. The normalized spacial score (nSPS) is 9.25. The van der Waals surface area contributed by atoms with Gasteiger partial charge in [-0.2, -0.15) is 5.26 Å². The van der Waals surface area contributed by atoms with Crippen LogP contribution in [0.1, 0.15) is 16.8 Å². The molecule has 0 aliphatic carbocycles. The van der Waals surface area contributed by atoms with Crippen molar-refractivity contribution >= 4 is 33.5 Å². The van der Waals surface area contributed by atoms with E-state index in [0.717, 1.165) is 0 Å². The maximum atomic E-state index is 11.2. The Morgan fingerprint density at radius 1 is 1.50 bits per heavy atom. The summed E-state index contributed by atoms with van der Waals surface area (Å²) >= 11 is 3.17. The fourth-order valence-corrected chi connectivity index (χ4v) is 1.43. The van der Waals surface area contributed by atoms with E-state index in [4.69, 9.17) is 10.4 Å². The number of carbonyl (C=O) groups excluding carboxylic acids is 1. The SMILES string of the molecule is N#CCC(=O)Nc1cc(Br)ccc1C(=O)O. The van der Waals surface area contributed by atoms with Crippen molar-refractivity contribution in [2.45, 2.75) is 6.42 Å². The highest BCUT2D eigenvalue weighted by atomic mass is 79.9. The van der Waals surface area contributed by atoms with Crippen molar-refractivity contribution in [1.29, 1.82) is 5.26 Å². The van der Waals surface area contributed by atoms with Gasteiger partial charge >= 0.3 is 5.97 Å².